The van der Waals surface area contributed by atoms with Crippen LogP contribution in [0.3, 0.4) is 0 Å². The van der Waals surface area contributed by atoms with Gasteiger partial charge in [-0.1, -0.05) is 48.5 Å². The zero-order chi connectivity index (χ0) is 22.9. The van der Waals surface area contributed by atoms with E-state index in [0.717, 1.165) is 24.0 Å². The lowest BCUT2D eigenvalue weighted by Gasteiger charge is -2.30. The molecule has 2 aromatic rings. The first-order chi connectivity index (χ1) is 16.1. The van der Waals surface area contributed by atoms with E-state index < -0.39 is 24.1 Å². The van der Waals surface area contributed by atoms with Gasteiger partial charge in [0.1, 0.15) is 18.7 Å². The molecule has 0 aromatic heterocycles. The standard InChI is InChI=1S/C26H28N2O5/c1-32-25(30)23-13-7-14-27(23)24(29)22-12-6-15-28(22)26(31)33-16-21-19-10-4-2-8-17(19)18-9-3-5-11-20(18)21/h2-5,8-11,21-23H,6-7,12-16H2,1H3/t22-,23+/m1/s1. The third-order valence-electron chi connectivity index (χ3n) is 7.12. The van der Waals surface area contributed by atoms with Crippen LogP contribution < -0.4 is 0 Å². The van der Waals surface area contributed by atoms with Gasteiger partial charge >= 0.3 is 12.1 Å². The Labute approximate surface area is 193 Å². The van der Waals surface area contributed by atoms with Crippen molar-refractivity contribution in [2.75, 3.05) is 26.8 Å². The number of esters is 1. The number of hydrogen-bond donors (Lipinski definition) is 0. The fourth-order valence-electron chi connectivity index (χ4n) is 5.52. The molecule has 2 heterocycles. The summed E-state index contributed by atoms with van der Waals surface area (Å²) in [5, 5.41) is 0. The van der Waals surface area contributed by atoms with Gasteiger partial charge in [-0.3, -0.25) is 9.69 Å². The van der Waals surface area contributed by atoms with Gasteiger partial charge in [-0.25, -0.2) is 9.59 Å². The molecule has 0 unspecified atom stereocenters. The predicted molar refractivity (Wildman–Crippen MR) is 122 cm³/mol. The summed E-state index contributed by atoms with van der Waals surface area (Å²) in [5.74, 6) is -0.610. The maximum Gasteiger partial charge on any atom is 0.410 e. The second-order valence-corrected chi connectivity index (χ2v) is 8.87. The van der Waals surface area contributed by atoms with Gasteiger partial charge in [0.2, 0.25) is 5.91 Å². The zero-order valence-corrected chi connectivity index (χ0v) is 18.7. The van der Waals surface area contributed by atoms with Crippen LogP contribution in [0, 0.1) is 0 Å². The lowest BCUT2D eigenvalue weighted by atomic mass is 9.98. The lowest BCUT2D eigenvalue weighted by molar-refractivity contribution is -0.152. The number of fused-ring (bicyclic) bond motifs is 3. The van der Waals surface area contributed by atoms with Gasteiger partial charge in [0.15, 0.2) is 0 Å². The molecule has 1 aliphatic carbocycles. The van der Waals surface area contributed by atoms with Crippen LogP contribution >= 0.6 is 0 Å². The molecular weight excluding hydrogens is 420 g/mol. The molecule has 172 valence electrons. The fourth-order valence-corrected chi connectivity index (χ4v) is 5.52. The highest BCUT2D eigenvalue weighted by Gasteiger charge is 2.43. The number of carbonyl (C=O) groups excluding carboxylic acids is 3. The molecule has 0 spiro atoms. The molecule has 5 rings (SSSR count). The van der Waals surface area contributed by atoms with Crippen molar-refractivity contribution >= 4 is 18.0 Å². The molecule has 0 saturated carbocycles. The maximum absolute atomic E-state index is 13.2. The minimum atomic E-state index is -0.592. The normalized spacial score (nSPS) is 21.6. The summed E-state index contributed by atoms with van der Waals surface area (Å²) in [6.45, 7) is 1.20. The van der Waals surface area contributed by atoms with E-state index in [-0.39, 0.29) is 18.4 Å². The van der Waals surface area contributed by atoms with Crippen molar-refractivity contribution in [3.63, 3.8) is 0 Å². The van der Waals surface area contributed by atoms with Crippen LogP contribution in [-0.4, -0.2) is 66.7 Å². The molecule has 2 atom stereocenters. The molecule has 33 heavy (non-hydrogen) atoms. The SMILES string of the molecule is COC(=O)[C@@H]1CCCN1C(=O)[C@H]1CCCN1C(=O)OCC1c2ccccc2-c2ccccc21. The van der Waals surface area contributed by atoms with E-state index in [2.05, 4.69) is 24.3 Å². The largest absolute Gasteiger partial charge is 0.467 e. The Balaban J connectivity index is 1.28. The summed E-state index contributed by atoms with van der Waals surface area (Å²) < 4.78 is 10.7. The monoisotopic (exact) mass is 448 g/mol. The van der Waals surface area contributed by atoms with Crippen molar-refractivity contribution < 1.29 is 23.9 Å². The van der Waals surface area contributed by atoms with E-state index in [1.807, 2.05) is 24.3 Å². The van der Waals surface area contributed by atoms with Crippen molar-refractivity contribution in [3.8, 4) is 11.1 Å². The van der Waals surface area contributed by atoms with Crippen LogP contribution in [0.5, 0.6) is 0 Å². The summed E-state index contributed by atoms with van der Waals surface area (Å²) in [6.07, 6.45) is 2.19. The fraction of sp³-hybridized carbons (Fsp3) is 0.423. The van der Waals surface area contributed by atoms with E-state index in [4.69, 9.17) is 9.47 Å². The molecular formula is C26H28N2O5. The van der Waals surface area contributed by atoms with Crippen LogP contribution in [0.4, 0.5) is 4.79 Å². The van der Waals surface area contributed by atoms with Crippen molar-refractivity contribution in [2.45, 2.75) is 43.7 Å². The van der Waals surface area contributed by atoms with Crippen LogP contribution in [0.2, 0.25) is 0 Å². The van der Waals surface area contributed by atoms with Gasteiger partial charge in [0, 0.05) is 19.0 Å². The summed E-state index contributed by atoms with van der Waals surface area (Å²) in [7, 11) is 1.34. The number of hydrogen-bond acceptors (Lipinski definition) is 5. The molecule has 3 aliphatic rings. The topological polar surface area (TPSA) is 76.2 Å². The number of nitrogens with zero attached hydrogens (tertiary/aromatic N) is 2. The van der Waals surface area contributed by atoms with Crippen LogP contribution in [0.15, 0.2) is 48.5 Å². The van der Waals surface area contributed by atoms with E-state index in [1.54, 1.807) is 4.90 Å². The molecule has 7 nitrogen and oxygen atoms in total. The molecule has 2 amide bonds. The third kappa shape index (κ3) is 3.75. The number of carbonyl (C=O) groups is 3. The lowest BCUT2D eigenvalue weighted by Crippen LogP contribution is -2.51. The highest BCUT2D eigenvalue weighted by molar-refractivity contribution is 5.90. The number of amides is 2. The van der Waals surface area contributed by atoms with Gasteiger partial charge in [-0.15, -0.1) is 0 Å². The Kier molecular flexibility index (Phi) is 5.79. The zero-order valence-electron chi connectivity index (χ0n) is 18.7. The molecule has 2 aromatic carbocycles. The van der Waals surface area contributed by atoms with Gasteiger partial charge in [0.25, 0.3) is 0 Å². The van der Waals surface area contributed by atoms with E-state index in [0.29, 0.717) is 25.9 Å². The van der Waals surface area contributed by atoms with Crippen molar-refractivity contribution in [3.05, 3.63) is 59.7 Å². The Morgan fingerprint density at radius 1 is 0.848 bits per heavy atom. The van der Waals surface area contributed by atoms with Crippen LogP contribution in [-0.2, 0) is 19.1 Å². The number of ether oxygens (including phenoxy) is 2. The molecule has 2 aliphatic heterocycles. The molecule has 7 heteroatoms. The molecule has 2 saturated heterocycles. The highest BCUT2D eigenvalue weighted by Crippen LogP contribution is 2.44. The highest BCUT2D eigenvalue weighted by atomic mass is 16.6. The number of likely N-dealkylation sites (tertiary alicyclic amines) is 2. The van der Waals surface area contributed by atoms with Gasteiger partial charge in [0.05, 0.1) is 7.11 Å². The van der Waals surface area contributed by atoms with E-state index >= 15 is 0 Å². The van der Waals surface area contributed by atoms with Crippen molar-refractivity contribution in [2.24, 2.45) is 0 Å². The smallest absolute Gasteiger partial charge is 0.410 e. The minimum Gasteiger partial charge on any atom is -0.467 e. The second-order valence-electron chi connectivity index (χ2n) is 8.87. The van der Waals surface area contributed by atoms with Crippen molar-refractivity contribution in [1.82, 2.24) is 9.80 Å². The Morgan fingerprint density at radius 2 is 1.42 bits per heavy atom. The average molecular weight is 449 g/mol. The number of methoxy groups -OCH3 is 1. The molecule has 2 fully saturated rings. The summed E-state index contributed by atoms with van der Waals surface area (Å²) in [6, 6.07) is 15.2. The Hall–Kier alpha value is -3.35. The second kappa shape index (κ2) is 8.89. The van der Waals surface area contributed by atoms with Crippen LogP contribution in [0.25, 0.3) is 11.1 Å². The molecule has 0 N–H and O–H groups in total. The summed E-state index contributed by atoms with van der Waals surface area (Å²) in [4.78, 5) is 41.5. The van der Waals surface area contributed by atoms with Gasteiger partial charge in [-0.05, 0) is 47.9 Å². The maximum atomic E-state index is 13.2. The van der Waals surface area contributed by atoms with Crippen LogP contribution in [0.1, 0.15) is 42.7 Å². The number of benzene rings is 2. The average Bonchev–Trinajstić information content (AvgIpc) is 3.59. The molecule has 0 bridgehead atoms. The molecule has 0 radical (unpaired) electrons. The first kappa shape index (κ1) is 21.5. The van der Waals surface area contributed by atoms with Crippen molar-refractivity contribution in [1.29, 1.82) is 0 Å². The third-order valence-corrected chi connectivity index (χ3v) is 7.12. The quantitative estimate of drug-likeness (QED) is 0.669. The first-order valence-electron chi connectivity index (χ1n) is 11.6. The predicted octanol–water partition coefficient (Wildman–Crippen LogP) is 3.56. The van der Waals surface area contributed by atoms with E-state index in [1.165, 1.54) is 23.1 Å². The van der Waals surface area contributed by atoms with Gasteiger partial charge < -0.3 is 14.4 Å². The summed E-state index contributed by atoms with van der Waals surface area (Å²) >= 11 is 0. The number of rotatable bonds is 4. The summed E-state index contributed by atoms with van der Waals surface area (Å²) in [5.41, 5.74) is 4.65. The first-order valence-corrected chi connectivity index (χ1v) is 11.6. The van der Waals surface area contributed by atoms with Gasteiger partial charge in [-0.2, -0.15) is 0 Å². The van der Waals surface area contributed by atoms with E-state index in [9.17, 15) is 14.4 Å². The Bertz CT molecular complexity index is 1040. The minimum absolute atomic E-state index is 0.0274. The Morgan fingerprint density at radius 3 is 2.06 bits per heavy atom.